The SMILES string of the molecule is COC(=O)CCC(C=O)n1cccc1. The number of methoxy groups -OCH3 is 1. The Kier molecular flexibility index (Phi) is 3.91. The summed E-state index contributed by atoms with van der Waals surface area (Å²) in [5.74, 6) is -0.288. The molecule has 0 aliphatic rings. The second-order valence-corrected chi connectivity index (χ2v) is 2.95. The Balaban J connectivity index is 2.48. The van der Waals surface area contributed by atoms with E-state index in [1.807, 2.05) is 12.1 Å². The van der Waals surface area contributed by atoms with Crippen molar-refractivity contribution >= 4 is 12.3 Å². The van der Waals surface area contributed by atoms with E-state index in [2.05, 4.69) is 4.74 Å². The second kappa shape index (κ2) is 5.21. The average Bonchev–Trinajstić information content (AvgIpc) is 2.72. The minimum Gasteiger partial charge on any atom is -0.469 e. The third-order valence-electron chi connectivity index (χ3n) is 2.04. The molecule has 0 saturated carbocycles. The standard InChI is InChI=1S/C10H13NO3/c1-14-10(13)5-4-9(8-12)11-6-2-3-7-11/h2-3,6-9H,4-5H2,1H3. The van der Waals surface area contributed by atoms with Crippen LogP contribution >= 0.6 is 0 Å². The molecule has 0 aliphatic heterocycles. The fourth-order valence-corrected chi connectivity index (χ4v) is 1.22. The van der Waals surface area contributed by atoms with Crippen molar-refractivity contribution in [3.05, 3.63) is 24.5 Å². The van der Waals surface area contributed by atoms with Gasteiger partial charge in [0, 0.05) is 18.8 Å². The minimum atomic E-state index is -0.288. The maximum atomic E-state index is 10.9. The summed E-state index contributed by atoms with van der Waals surface area (Å²) in [6.45, 7) is 0. The zero-order valence-electron chi connectivity index (χ0n) is 8.05. The van der Waals surface area contributed by atoms with Crippen LogP contribution in [-0.4, -0.2) is 23.9 Å². The average molecular weight is 195 g/mol. The Labute approximate surface area is 82.5 Å². The van der Waals surface area contributed by atoms with Gasteiger partial charge in [0.15, 0.2) is 0 Å². The minimum absolute atomic E-state index is 0.262. The number of esters is 1. The van der Waals surface area contributed by atoms with Crippen molar-refractivity contribution in [3.8, 4) is 0 Å². The predicted molar refractivity (Wildman–Crippen MR) is 50.8 cm³/mol. The summed E-state index contributed by atoms with van der Waals surface area (Å²) in [5.41, 5.74) is 0. The summed E-state index contributed by atoms with van der Waals surface area (Å²) in [5, 5.41) is 0. The molecule has 1 rings (SSSR count). The Hall–Kier alpha value is -1.58. The normalized spacial score (nSPS) is 12.1. The quantitative estimate of drug-likeness (QED) is 0.523. The van der Waals surface area contributed by atoms with Crippen LogP contribution in [0.25, 0.3) is 0 Å². The van der Waals surface area contributed by atoms with Crippen LogP contribution in [-0.2, 0) is 14.3 Å². The second-order valence-electron chi connectivity index (χ2n) is 2.95. The van der Waals surface area contributed by atoms with Gasteiger partial charge in [-0.25, -0.2) is 0 Å². The first-order chi connectivity index (χ1) is 6.77. The molecule has 0 amide bonds. The Bertz CT molecular complexity index is 292. The molecule has 0 radical (unpaired) electrons. The number of aldehydes is 1. The van der Waals surface area contributed by atoms with E-state index in [1.54, 1.807) is 17.0 Å². The molecule has 1 aromatic rings. The fourth-order valence-electron chi connectivity index (χ4n) is 1.22. The van der Waals surface area contributed by atoms with E-state index in [0.717, 1.165) is 6.29 Å². The zero-order chi connectivity index (χ0) is 10.4. The van der Waals surface area contributed by atoms with E-state index in [9.17, 15) is 9.59 Å². The van der Waals surface area contributed by atoms with Gasteiger partial charge in [0.2, 0.25) is 0 Å². The molecule has 4 nitrogen and oxygen atoms in total. The van der Waals surface area contributed by atoms with Crippen molar-refractivity contribution in [1.82, 2.24) is 4.57 Å². The van der Waals surface area contributed by atoms with E-state index >= 15 is 0 Å². The molecule has 0 N–H and O–H groups in total. The lowest BCUT2D eigenvalue weighted by Crippen LogP contribution is -2.11. The smallest absolute Gasteiger partial charge is 0.305 e. The van der Waals surface area contributed by atoms with Crippen LogP contribution in [0.15, 0.2) is 24.5 Å². The van der Waals surface area contributed by atoms with Crippen LogP contribution in [0.1, 0.15) is 18.9 Å². The van der Waals surface area contributed by atoms with Gasteiger partial charge < -0.3 is 14.1 Å². The van der Waals surface area contributed by atoms with Crippen LogP contribution in [0.4, 0.5) is 0 Å². The molecule has 1 atom stereocenters. The topological polar surface area (TPSA) is 48.3 Å². The highest BCUT2D eigenvalue weighted by Gasteiger charge is 2.10. The van der Waals surface area contributed by atoms with Crippen molar-refractivity contribution in [2.45, 2.75) is 18.9 Å². The van der Waals surface area contributed by atoms with E-state index < -0.39 is 0 Å². The molecule has 0 aromatic carbocycles. The third kappa shape index (κ3) is 2.73. The van der Waals surface area contributed by atoms with Crippen LogP contribution in [0.5, 0.6) is 0 Å². The van der Waals surface area contributed by atoms with Gasteiger partial charge in [-0.15, -0.1) is 0 Å². The van der Waals surface area contributed by atoms with Crippen LogP contribution < -0.4 is 0 Å². The molecular weight excluding hydrogens is 182 g/mol. The number of hydrogen-bond donors (Lipinski definition) is 0. The molecule has 0 spiro atoms. The number of ether oxygens (including phenoxy) is 1. The summed E-state index contributed by atoms with van der Waals surface area (Å²) in [7, 11) is 1.34. The first-order valence-electron chi connectivity index (χ1n) is 4.42. The van der Waals surface area contributed by atoms with Crippen LogP contribution in [0.3, 0.4) is 0 Å². The highest BCUT2D eigenvalue weighted by atomic mass is 16.5. The monoisotopic (exact) mass is 195 g/mol. The molecular formula is C10H13NO3. The van der Waals surface area contributed by atoms with Gasteiger partial charge >= 0.3 is 5.97 Å². The number of nitrogens with zero attached hydrogens (tertiary/aromatic N) is 1. The lowest BCUT2D eigenvalue weighted by Gasteiger charge is -2.10. The lowest BCUT2D eigenvalue weighted by atomic mass is 10.2. The van der Waals surface area contributed by atoms with Crippen molar-refractivity contribution < 1.29 is 14.3 Å². The molecule has 76 valence electrons. The maximum Gasteiger partial charge on any atom is 0.305 e. The van der Waals surface area contributed by atoms with E-state index in [0.29, 0.717) is 6.42 Å². The Morgan fingerprint density at radius 3 is 2.64 bits per heavy atom. The number of carbonyl (C=O) groups excluding carboxylic acids is 2. The number of rotatable bonds is 5. The number of carbonyl (C=O) groups is 2. The van der Waals surface area contributed by atoms with Gasteiger partial charge in [-0.3, -0.25) is 4.79 Å². The fraction of sp³-hybridized carbons (Fsp3) is 0.400. The van der Waals surface area contributed by atoms with Crippen molar-refractivity contribution in [3.63, 3.8) is 0 Å². The van der Waals surface area contributed by atoms with Gasteiger partial charge in [-0.2, -0.15) is 0 Å². The molecule has 0 saturated heterocycles. The Morgan fingerprint density at radius 1 is 1.50 bits per heavy atom. The molecule has 1 unspecified atom stereocenters. The predicted octanol–water partition coefficient (Wildman–Crippen LogP) is 1.18. The zero-order valence-corrected chi connectivity index (χ0v) is 8.05. The molecule has 1 aromatic heterocycles. The van der Waals surface area contributed by atoms with Crippen molar-refractivity contribution in [2.75, 3.05) is 7.11 Å². The van der Waals surface area contributed by atoms with Gasteiger partial charge in [-0.1, -0.05) is 0 Å². The largest absolute Gasteiger partial charge is 0.469 e. The summed E-state index contributed by atoms with van der Waals surface area (Å²) >= 11 is 0. The lowest BCUT2D eigenvalue weighted by molar-refractivity contribution is -0.140. The number of hydrogen-bond acceptors (Lipinski definition) is 3. The van der Waals surface area contributed by atoms with Crippen LogP contribution in [0.2, 0.25) is 0 Å². The van der Waals surface area contributed by atoms with Crippen LogP contribution in [0, 0.1) is 0 Å². The number of aromatic nitrogens is 1. The molecule has 4 heteroatoms. The third-order valence-corrected chi connectivity index (χ3v) is 2.04. The van der Waals surface area contributed by atoms with E-state index in [-0.39, 0.29) is 18.4 Å². The van der Waals surface area contributed by atoms with Gasteiger partial charge in [0.25, 0.3) is 0 Å². The molecule has 0 fully saturated rings. The summed E-state index contributed by atoms with van der Waals surface area (Å²) < 4.78 is 6.27. The highest BCUT2D eigenvalue weighted by Crippen LogP contribution is 2.11. The first kappa shape index (κ1) is 10.5. The first-order valence-corrected chi connectivity index (χ1v) is 4.42. The van der Waals surface area contributed by atoms with E-state index in [1.165, 1.54) is 7.11 Å². The Morgan fingerprint density at radius 2 is 2.14 bits per heavy atom. The molecule has 1 heterocycles. The van der Waals surface area contributed by atoms with Gasteiger partial charge in [-0.05, 0) is 18.6 Å². The van der Waals surface area contributed by atoms with Gasteiger partial charge in [0.05, 0.1) is 13.2 Å². The van der Waals surface area contributed by atoms with Crippen molar-refractivity contribution in [1.29, 1.82) is 0 Å². The van der Waals surface area contributed by atoms with E-state index in [4.69, 9.17) is 0 Å². The maximum absolute atomic E-state index is 10.9. The van der Waals surface area contributed by atoms with Crippen molar-refractivity contribution in [2.24, 2.45) is 0 Å². The molecule has 0 aliphatic carbocycles. The summed E-state index contributed by atoms with van der Waals surface area (Å²) in [4.78, 5) is 21.6. The molecule has 14 heavy (non-hydrogen) atoms. The molecule has 0 bridgehead atoms. The summed E-state index contributed by atoms with van der Waals surface area (Å²) in [6.07, 6.45) is 5.18. The highest BCUT2D eigenvalue weighted by molar-refractivity contribution is 5.70. The van der Waals surface area contributed by atoms with Gasteiger partial charge in [0.1, 0.15) is 6.29 Å². The summed E-state index contributed by atoms with van der Waals surface area (Å²) in [6, 6.07) is 3.41.